The first-order valence-corrected chi connectivity index (χ1v) is 6.36. The second kappa shape index (κ2) is 4.29. The van der Waals surface area contributed by atoms with Crippen molar-refractivity contribution in [2.24, 2.45) is 5.41 Å². The third kappa shape index (κ3) is 1.97. The van der Waals surface area contributed by atoms with E-state index in [-0.39, 0.29) is 11.0 Å². The van der Waals surface area contributed by atoms with E-state index in [1.165, 1.54) is 0 Å². The Kier molecular flexibility index (Phi) is 3.01. The highest BCUT2D eigenvalue weighted by Crippen LogP contribution is 2.49. The van der Waals surface area contributed by atoms with E-state index in [1.54, 1.807) is 6.26 Å². The number of amides is 1. The normalized spacial score (nSPS) is 16.6. The molecule has 0 spiro atoms. The summed E-state index contributed by atoms with van der Waals surface area (Å²) in [5, 5.41) is 2.76. The minimum absolute atomic E-state index is 0.0269. The van der Waals surface area contributed by atoms with E-state index in [4.69, 9.17) is 0 Å². The molecule has 0 unspecified atom stereocenters. The van der Waals surface area contributed by atoms with Gasteiger partial charge in [-0.15, -0.1) is 0 Å². The van der Waals surface area contributed by atoms with Crippen LogP contribution in [0.2, 0.25) is 0 Å². The van der Waals surface area contributed by atoms with Gasteiger partial charge in [0.05, 0.1) is 0 Å². The summed E-state index contributed by atoms with van der Waals surface area (Å²) >= 11 is 1.13. The summed E-state index contributed by atoms with van der Waals surface area (Å²) in [5.41, 5.74) is -0.0115. The van der Waals surface area contributed by atoms with Crippen molar-refractivity contribution in [1.82, 2.24) is 0 Å². The molecule has 0 saturated heterocycles. The fourth-order valence-electron chi connectivity index (χ4n) is 1.62. The molecule has 1 fully saturated rings. The highest BCUT2D eigenvalue weighted by atomic mass is 32.2. The number of nitrogens with one attached hydrogen (secondary N) is 1. The largest absolute Gasteiger partial charge is 0.325 e. The highest BCUT2D eigenvalue weighted by Gasteiger charge is 2.55. The number of carbonyl (C=O) groups is 2. The van der Waals surface area contributed by atoms with Gasteiger partial charge >= 0.3 is 0 Å². The van der Waals surface area contributed by atoms with E-state index >= 15 is 0 Å². The van der Waals surface area contributed by atoms with E-state index in [0.717, 1.165) is 17.4 Å². The maximum atomic E-state index is 12.0. The van der Waals surface area contributed by atoms with Crippen LogP contribution in [-0.4, -0.2) is 17.3 Å². The zero-order chi connectivity index (χ0) is 11.6. The number of rotatable bonds is 3. The number of benzene rings is 1. The topological polar surface area (TPSA) is 46.2 Å². The third-order valence-electron chi connectivity index (χ3n) is 2.79. The van der Waals surface area contributed by atoms with Crippen LogP contribution in [0.15, 0.2) is 30.3 Å². The molecule has 1 aliphatic rings. The maximum Gasteiger partial charge on any atom is 0.239 e. The summed E-state index contributed by atoms with van der Waals surface area (Å²) in [4.78, 5) is 23.6. The SMILES string of the molecule is CSC(=O)C1(C(=O)Nc2ccccc2)CC1. The fourth-order valence-corrected chi connectivity index (χ4v) is 2.30. The summed E-state index contributed by atoms with van der Waals surface area (Å²) in [6, 6.07) is 9.22. The van der Waals surface area contributed by atoms with Gasteiger partial charge in [-0.25, -0.2) is 0 Å². The minimum atomic E-state index is -0.755. The molecule has 1 aliphatic carbocycles. The smallest absolute Gasteiger partial charge is 0.239 e. The molecule has 2 rings (SSSR count). The average molecular weight is 235 g/mol. The standard InChI is InChI=1S/C12H13NO2S/c1-16-11(15)12(7-8-12)10(14)13-9-5-3-2-4-6-9/h2-6H,7-8H2,1H3,(H,13,14). The molecule has 3 nitrogen and oxygen atoms in total. The zero-order valence-electron chi connectivity index (χ0n) is 9.03. The summed E-state index contributed by atoms with van der Waals surface area (Å²) in [5.74, 6) is -0.168. The van der Waals surface area contributed by atoms with Crippen LogP contribution < -0.4 is 5.32 Å². The molecule has 0 aliphatic heterocycles. The van der Waals surface area contributed by atoms with Crippen LogP contribution in [0.4, 0.5) is 5.69 Å². The van der Waals surface area contributed by atoms with Gasteiger partial charge in [0.15, 0.2) is 0 Å². The van der Waals surface area contributed by atoms with Crippen molar-refractivity contribution in [3.63, 3.8) is 0 Å². The number of para-hydroxylation sites is 1. The summed E-state index contributed by atoms with van der Waals surface area (Å²) in [7, 11) is 0. The predicted octanol–water partition coefficient (Wildman–Crippen LogP) is 2.29. The van der Waals surface area contributed by atoms with Gasteiger partial charge in [0.1, 0.15) is 5.41 Å². The van der Waals surface area contributed by atoms with Crippen molar-refractivity contribution in [3.8, 4) is 0 Å². The van der Waals surface area contributed by atoms with E-state index in [9.17, 15) is 9.59 Å². The van der Waals surface area contributed by atoms with Gasteiger partial charge in [-0.3, -0.25) is 9.59 Å². The Balaban J connectivity index is 2.07. The van der Waals surface area contributed by atoms with Gasteiger partial charge in [0.25, 0.3) is 0 Å². The Hall–Kier alpha value is -1.29. The first-order chi connectivity index (χ1) is 7.69. The van der Waals surface area contributed by atoms with Gasteiger partial charge < -0.3 is 5.32 Å². The molecule has 1 aromatic rings. The van der Waals surface area contributed by atoms with Crippen molar-refractivity contribution in [3.05, 3.63) is 30.3 Å². The van der Waals surface area contributed by atoms with Gasteiger partial charge in [-0.05, 0) is 31.2 Å². The van der Waals surface area contributed by atoms with Crippen molar-refractivity contribution >= 4 is 28.5 Å². The van der Waals surface area contributed by atoms with Crippen LogP contribution in [0.3, 0.4) is 0 Å². The quantitative estimate of drug-likeness (QED) is 0.818. The lowest BCUT2D eigenvalue weighted by molar-refractivity contribution is -0.128. The van der Waals surface area contributed by atoms with Crippen molar-refractivity contribution in [1.29, 1.82) is 0 Å². The summed E-state index contributed by atoms with van der Waals surface area (Å²) < 4.78 is 0. The highest BCUT2D eigenvalue weighted by molar-refractivity contribution is 8.13. The van der Waals surface area contributed by atoms with Crippen molar-refractivity contribution in [2.75, 3.05) is 11.6 Å². The van der Waals surface area contributed by atoms with Crippen LogP contribution in [0.25, 0.3) is 0 Å². The number of carbonyl (C=O) groups excluding carboxylic acids is 2. The predicted molar refractivity (Wildman–Crippen MR) is 65.3 cm³/mol. The second-order valence-electron chi connectivity index (χ2n) is 3.89. The van der Waals surface area contributed by atoms with Crippen LogP contribution in [0.1, 0.15) is 12.8 Å². The van der Waals surface area contributed by atoms with Crippen molar-refractivity contribution < 1.29 is 9.59 Å². The second-order valence-corrected chi connectivity index (χ2v) is 4.67. The maximum absolute atomic E-state index is 12.0. The van der Waals surface area contributed by atoms with E-state index in [2.05, 4.69) is 5.32 Å². The third-order valence-corrected chi connectivity index (χ3v) is 3.55. The Bertz CT molecular complexity index is 412. The molecule has 4 heteroatoms. The zero-order valence-corrected chi connectivity index (χ0v) is 9.84. The fraction of sp³-hybridized carbons (Fsp3) is 0.333. The lowest BCUT2D eigenvalue weighted by Crippen LogP contribution is -2.29. The van der Waals surface area contributed by atoms with Crippen molar-refractivity contribution in [2.45, 2.75) is 12.8 Å². The van der Waals surface area contributed by atoms with Crippen LogP contribution in [0, 0.1) is 5.41 Å². The number of anilines is 1. The van der Waals surface area contributed by atoms with Gasteiger partial charge in [0.2, 0.25) is 11.0 Å². The molecule has 0 atom stereocenters. The molecule has 16 heavy (non-hydrogen) atoms. The lowest BCUT2D eigenvalue weighted by Gasteiger charge is -2.12. The molecule has 0 heterocycles. The molecular weight excluding hydrogens is 222 g/mol. The summed E-state index contributed by atoms with van der Waals surface area (Å²) in [6.07, 6.45) is 3.06. The van der Waals surface area contributed by atoms with E-state index in [0.29, 0.717) is 12.8 Å². The molecule has 0 radical (unpaired) electrons. The Morgan fingerprint density at radius 3 is 2.38 bits per heavy atom. The summed E-state index contributed by atoms with van der Waals surface area (Å²) in [6.45, 7) is 0. The molecule has 0 bridgehead atoms. The lowest BCUT2D eigenvalue weighted by atomic mass is 10.1. The number of hydrogen-bond acceptors (Lipinski definition) is 3. The van der Waals surface area contributed by atoms with E-state index in [1.807, 2.05) is 30.3 Å². The van der Waals surface area contributed by atoms with Gasteiger partial charge in [0, 0.05) is 5.69 Å². The minimum Gasteiger partial charge on any atom is -0.325 e. The van der Waals surface area contributed by atoms with Crippen LogP contribution in [-0.2, 0) is 9.59 Å². The molecule has 1 N–H and O–H groups in total. The molecule has 84 valence electrons. The Morgan fingerprint density at radius 1 is 1.25 bits per heavy atom. The molecule has 0 aromatic heterocycles. The van der Waals surface area contributed by atoms with E-state index < -0.39 is 5.41 Å². The monoisotopic (exact) mass is 235 g/mol. The molecule has 1 saturated carbocycles. The van der Waals surface area contributed by atoms with Crippen LogP contribution in [0.5, 0.6) is 0 Å². The van der Waals surface area contributed by atoms with Gasteiger partial charge in [-0.2, -0.15) is 0 Å². The molecule has 1 amide bonds. The Labute approximate surface area is 98.6 Å². The molecule has 1 aromatic carbocycles. The number of thioether (sulfide) groups is 1. The first kappa shape index (κ1) is 11.2. The molecular formula is C12H13NO2S. The van der Waals surface area contributed by atoms with Gasteiger partial charge in [-0.1, -0.05) is 30.0 Å². The van der Waals surface area contributed by atoms with Crippen LogP contribution >= 0.6 is 11.8 Å². The Morgan fingerprint density at radius 2 is 1.88 bits per heavy atom. The average Bonchev–Trinajstić information content (AvgIpc) is 3.10. The first-order valence-electron chi connectivity index (χ1n) is 5.14. The number of hydrogen-bond donors (Lipinski definition) is 1.